The second kappa shape index (κ2) is 4.13. The van der Waals surface area contributed by atoms with Gasteiger partial charge in [-0.2, -0.15) is 4.59 Å². The van der Waals surface area contributed by atoms with E-state index in [1.807, 2.05) is 18.3 Å². The second-order valence-electron chi connectivity index (χ2n) is 3.58. The molecule has 2 heterocycles. The van der Waals surface area contributed by atoms with Gasteiger partial charge in [0.1, 0.15) is 30.5 Å². The summed E-state index contributed by atoms with van der Waals surface area (Å²) in [5, 5.41) is 5.14. The SMILES string of the molecule is CC[N+]1(Cc2ccncc2)C=C(Cl)C=N1. The maximum absolute atomic E-state index is 5.93. The van der Waals surface area contributed by atoms with Crippen LogP contribution < -0.4 is 0 Å². The summed E-state index contributed by atoms with van der Waals surface area (Å²) in [7, 11) is 0. The minimum Gasteiger partial charge on any atom is -0.265 e. The molecule has 1 unspecified atom stereocenters. The number of hydrogen-bond acceptors (Lipinski definition) is 2. The van der Waals surface area contributed by atoms with E-state index in [0.29, 0.717) is 9.62 Å². The molecule has 2 rings (SSSR count). The van der Waals surface area contributed by atoms with Crippen LogP contribution in [0, 0.1) is 0 Å². The smallest absolute Gasteiger partial charge is 0.143 e. The molecule has 1 atom stereocenters. The van der Waals surface area contributed by atoms with E-state index in [9.17, 15) is 0 Å². The lowest BCUT2D eigenvalue weighted by atomic mass is 10.2. The fourth-order valence-corrected chi connectivity index (χ4v) is 1.87. The first kappa shape index (κ1) is 10.3. The monoisotopic (exact) mass is 222 g/mol. The highest BCUT2D eigenvalue weighted by Crippen LogP contribution is 2.23. The Labute approximate surface area is 94.3 Å². The van der Waals surface area contributed by atoms with Crippen LogP contribution in [-0.2, 0) is 6.54 Å². The van der Waals surface area contributed by atoms with Crippen molar-refractivity contribution < 1.29 is 4.59 Å². The highest BCUT2D eigenvalue weighted by molar-refractivity contribution is 6.39. The lowest BCUT2D eigenvalue weighted by molar-refractivity contribution is -0.895. The third-order valence-corrected chi connectivity index (χ3v) is 2.72. The van der Waals surface area contributed by atoms with Gasteiger partial charge < -0.3 is 0 Å². The first-order chi connectivity index (χ1) is 7.24. The number of pyridine rings is 1. The van der Waals surface area contributed by atoms with E-state index in [-0.39, 0.29) is 0 Å². The van der Waals surface area contributed by atoms with Crippen LogP contribution in [0.15, 0.2) is 40.9 Å². The average molecular weight is 223 g/mol. The Hall–Kier alpha value is -1.19. The minimum absolute atomic E-state index is 0.544. The van der Waals surface area contributed by atoms with Gasteiger partial charge in [0.15, 0.2) is 0 Å². The van der Waals surface area contributed by atoms with Crippen molar-refractivity contribution in [3.8, 4) is 0 Å². The Balaban J connectivity index is 2.21. The molecule has 0 spiro atoms. The summed E-state index contributed by atoms with van der Waals surface area (Å²) in [4.78, 5) is 4.00. The number of aromatic nitrogens is 1. The largest absolute Gasteiger partial charge is 0.265 e. The van der Waals surface area contributed by atoms with Gasteiger partial charge in [0.05, 0.1) is 0 Å². The Morgan fingerprint density at radius 2 is 2.07 bits per heavy atom. The average Bonchev–Trinajstić information content (AvgIpc) is 2.62. The highest BCUT2D eigenvalue weighted by Gasteiger charge is 2.28. The summed E-state index contributed by atoms with van der Waals surface area (Å²) < 4.78 is 0.544. The normalized spacial score (nSPS) is 24.3. The molecule has 15 heavy (non-hydrogen) atoms. The fourth-order valence-electron chi connectivity index (χ4n) is 1.64. The molecule has 0 radical (unpaired) electrons. The van der Waals surface area contributed by atoms with Crippen molar-refractivity contribution in [1.82, 2.24) is 4.98 Å². The van der Waals surface area contributed by atoms with E-state index in [2.05, 4.69) is 17.0 Å². The topological polar surface area (TPSA) is 25.2 Å². The van der Waals surface area contributed by atoms with Crippen molar-refractivity contribution in [2.75, 3.05) is 6.54 Å². The van der Waals surface area contributed by atoms with Crippen LogP contribution in [0.2, 0.25) is 0 Å². The van der Waals surface area contributed by atoms with Crippen LogP contribution in [0.3, 0.4) is 0 Å². The second-order valence-corrected chi connectivity index (χ2v) is 4.01. The van der Waals surface area contributed by atoms with Crippen LogP contribution >= 0.6 is 11.6 Å². The van der Waals surface area contributed by atoms with Crippen molar-refractivity contribution >= 4 is 17.8 Å². The summed E-state index contributed by atoms with van der Waals surface area (Å²) >= 11 is 5.93. The Kier molecular flexibility index (Phi) is 2.84. The van der Waals surface area contributed by atoms with E-state index < -0.39 is 0 Å². The first-order valence-corrected chi connectivity index (χ1v) is 5.31. The molecule has 1 aromatic rings. The van der Waals surface area contributed by atoms with E-state index in [0.717, 1.165) is 13.1 Å². The third-order valence-electron chi connectivity index (χ3n) is 2.53. The van der Waals surface area contributed by atoms with Crippen molar-refractivity contribution in [2.45, 2.75) is 13.5 Å². The Morgan fingerprint density at radius 3 is 2.60 bits per heavy atom. The molecule has 0 aromatic carbocycles. The van der Waals surface area contributed by atoms with Crippen molar-refractivity contribution in [3.63, 3.8) is 0 Å². The number of allylic oxidation sites excluding steroid dienone is 1. The van der Waals surface area contributed by atoms with Gasteiger partial charge in [-0.05, 0) is 19.1 Å². The van der Waals surface area contributed by atoms with Crippen molar-refractivity contribution in [2.24, 2.45) is 5.10 Å². The predicted octanol–water partition coefficient (Wildman–Crippen LogP) is 2.50. The van der Waals surface area contributed by atoms with Gasteiger partial charge in [0, 0.05) is 18.0 Å². The van der Waals surface area contributed by atoms with Gasteiger partial charge in [0.2, 0.25) is 0 Å². The van der Waals surface area contributed by atoms with Crippen LogP contribution in [0.5, 0.6) is 0 Å². The number of halogens is 1. The van der Waals surface area contributed by atoms with E-state index in [1.54, 1.807) is 18.6 Å². The fraction of sp³-hybridized carbons (Fsp3) is 0.273. The Morgan fingerprint density at radius 1 is 1.33 bits per heavy atom. The van der Waals surface area contributed by atoms with Crippen molar-refractivity contribution in [1.29, 1.82) is 0 Å². The highest BCUT2D eigenvalue weighted by atomic mass is 35.5. The molecular weight excluding hydrogens is 210 g/mol. The lowest BCUT2D eigenvalue weighted by Crippen LogP contribution is -2.34. The summed E-state index contributed by atoms with van der Waals surface area (Å²) in [5.74, 6) is 0. The zero-order valence-electron chi connectivity index (χ0n) is 8.60. The van der Waals surface area contributed by atoms with Gasteiger partial charge in [-0.15, -0.1) is 0 Å². The molecule has 3 nitrogen and oxygen atoms in total. The molecule has 0 saturated heterocycles. The molecule has 4 heteroatoms. The summed E-state index contributed by atoms with van der Waals surface area (Å²) in [6, 6.07) is 4.01. The number of rotatable bonds is 3. The molecule has 1 aromatic heterocycles. The van der Waals surface area contributed by atoms with E-state index >= 15 is 0 Å². The van der Waals surface area contributed by atoms with Crippen LogP contribution in [0.1, 0.15) is 12.5 Å². The molecule has 0 N–H and O–H groups in total. The molecule has 0 amide bonds. The molecule has 0 aliphatic carbocycles. The molecule has 1 aliphatic heterocycles. The standard InChI is InChI=1S/C11H13ClN3/c1-2-15(9-11(12)7-14-15)8-10-3-5-13-6-4-10/h3-7,9H,2,8H2,1H3/q+1. The maximum atomic E-state index is 5.93. The molecule has 0 fully saturated rings. The molecular formula is C11H13ClN3+. The van der Waals surface area contributed by atoms with E-state index in [4.69, 9.17) is 11.6 Å². The van der Waals surface area contributed by atoms with Crippen LogP contribution in [-0.4, -0.2) is 22.3 Å². The third kappa shape index (κ3) is 2.25. The summed E-state index contributed by atoms with van der Waals surface area (Å²) in [6.45, 7) is 3.82. The van der Waals surface area contributed by atoms with Gasteiger partial charge >= 0.3 is 0 Å². The zero-order chi connectivity index (χ0) is 10.7. The molecule has 0 saturated carbocycles. The Bertz CT molecular complexity index is 400. The quantitative estimate of drug-likeness (QED) is 0.722. The van der Waals surface area contributed by atoms with Gasteiger partial charge in [-0.1, -0.05) is 16.7 Å². The molecule has 1 aliphatic rings. The summed E-state index contributed by atoms with van der Waals surface area (Å²) in [5.41, 5.74) is 1.21. The molecule has 78 valence electrons. The van der Waals surface area contributed by atoms with Gasteiger partial charge in [-0.3, -0.25) is 4.98 Å². The van der Waals surface area contributed by atoms with Gasteiger partial charge in [0.25, 0.3) is 0 Å². The minimum atomic E-state index is 0.544. The number of quaternary nitrogens is 1. The van der Waals surface area contributed by atoms with Crippen LogP contribution in [0.4, 0.5) is 0 Å². The number of hydrogen-bond donors (Lipinski definition) is 0. The first-order valence-electron chi connectivity index (χ1n) is 4.94. The van der Waals surface area contributed by atoms with Crippen LogP contribution in [0.25, 0.3) is 0 Å². The number of nitrogens with zero attached hydrogens (tertiary/aromatic N) is 3. The van der Waals surface area contributed by atoms with Gasteiger partial charge in [-0.25, -0.2) is 0 Å². The summed E-state index contributed by atoms with van der Waals surface area (Å²) in [6.07, 6.45) is 7.29. The zero-order valence-corrected chi connectivity index (χ0v) is 9.35. The predicted molar refractivity (Wildman–Crippen MR) is 61.2 cm³/mol. The lowest BCUT2D eigenvalue weighted by Gasteiger charge is -2.23. The molecule has 0 bridgehead atoms. The van der Waals surface area contributed by atoms with E-state index in [1.165, 1.54) is 5.56 Å². The van der Waals surface area contributed by atoms with Crippen molar-refractivity contribution in [3.05, 3.63) is 41.3 Å². The maximum Gasteiger partial charge on any atom is 0.143 e.